The van der Waals surface area contributed by atoms with Gasteiger partial charge in [0.15, 0.2) is 0 Å². The first-order valence-corrected chi connectivity index (χ1v) is 8.14. The van der Waals surface area contributed by atoms with Gasteiger partial charge in [-0.2, -0.15) is 0 Å². The topological polar surface area (TPSA) is 29.5 Å². The third-order valence-electron chi connectivity index (χ3n) is 5.44. The number of carbonyl (C=O) groups excluding carboxylic acids is 1. The molecule has 0 N–H and O–H groups in total. The standard InChI is InChI=1S/C18H24FNO2/c1-13-6-3-7-14(19)16(13)17(21)20-11-5-10-18(12-20)9-4-8-15(18)22-2/h3,6-7,15H,4-5,8-12H2,1-2H3/t15-,18+/m1/s1. The minimum Gasteiger partial charge on any atom is -0.381 e. The van der Waals surface area contributed by atoms with Gasteiger partial charge in [0.2, 0.25) is 0 Å². The first kappa shape index (κ1) is 15.5. The first-order chi connectivity index (χ1) is 10.6. The van der Waals surface area contributed by atoms with Gasteiger partial charge in [-0.3, -0.25) is 4.79 Å². The number of hydrogen-bond acceptors (Lipinski definition) is 2. The molecule has 1 aromatic rings. The Labute approximate surface area is 131 Å². The number of methoxy groups -OCH3 is 1. The van der Waals surface area contributed by atoms with Crippen LogP contribution in [0.25, 0.3) is 0 Å². The van der Waals surface area contributed by atoms with Gasteiger partial charge in [0.25, 0.3) is 5.91 Å². The van der Waals surface area contributed by atoms with Crippen LogP contribution in [0.4, 0.5) is 4.39 Å². The number of benzene rings is 1. The molecule has 1 heterocycles. The smallest absolute Gasteiger partial charge is 0.257 e. The van der Waals surface area contributed by atoms with E-state index in [1.165, 1.54) is 6.07 Å². The molecule has 4 heteroatoms. The molecular formula is C18H24FNO2. The largest absolute Gasteiger partial charge is 0.381 e. The average molecular weight is 305 g/mol. The number of hydrogen-bond donors (Lipinski definition) is 0. The SMILES string of the molecule is CO[C@@H]1CCC[C@@]12CCCN(C(=O)c1c(C)cccc1F)C2. The number of amides is 1. The molecule has 3 nitrogen and oxygen atoms in total. The van der Waals surface area contributed by atoms with Crippen LogP contribution in [-0.2, 0) is 4.74 Å². The molecule has 120 valence electrons. The van der Waals surface area contributed by atoms with Crippen molar-refractivity contribution in [3.8, 4) is 0 Å². The minimum absolute atomic E-state index is 0.0713. The lowest BCUT2D eigenvalue weighted by molar-refractivity contribution is -0.0296. The maximum atomic E-state index is 14.1. The van der Waals surface area contributed by atoms with Gasteiger partial charge in [-0.15, -0.1) is 0 Å². The van der Waals surface area contributed by atoms with Gasteiger partial charge in [-0.05, 0) is 44.2 Å². The first-order valence-electron chi connectivity index (χ1n) is 8.14. The van der Waals surface area contributed by atoms with E-state index in [-0.39, 0.29) is 23.0 Å². The van der Waals surface area contributed by atoms with Gasteiger partial charge in [-0.1, -0.05) is 18.6 Å². The molecular weight excluding hydrogens is 281 g/mol. The molecule has 1 aromatic carbocycles. The minimum atomic E-state index is -0.417. The van der Waals surface area contributed by atoms with E-state index in [2.05, 4.69) is 0 Å². The molecule has 0 aromatic heterocycles. The molecule has 0 radical (unpaired) electrons. The predicted octanol–water partition coefficient (Wildman–Crippen LogP) is 3.56. The second-order valence-electron chi connectivity index (χ2n) is 6.74. The summed E-state index contributed by atoms with van der Waals surface area (Å²) in [6.07, 6.45) is 5.62. The summed E-state index contributed by atoms with van der Waals surface area (Å²) in [5.74, 6) is -0.587. The van der Waals surface area contributed by atoms with E-state index in [0.717, 1.165) is 32.1 Å². The summed E-state index contributed by atoms with van der Waals surface area (Å²) in [5, 5.41) is 0. The number of rotatable bonds is 2. The number of carbonyl (C=O) groups is 1. The van der Waals surface area contributed by atoms with Crippen LogP contribution >= 0.6 is 0 Å². The maximum absolute atomic E-state index is 14.1. The molecule has 1 aliphatic carbocycles. The second kappa shape index (κ2) is 5.99. The van der Waals surface area contributed by atoms with Gasteiger partial charge in [0.05, 0.1) is 11.7 Å². The highest BCUT2D eigenvalue weighted by Crippen LogP contribution is 2.46. The molecule has 22 heavy (non-hydrogen) atoms. The number of piperidine rings is 1. The summed E-state index contributed by atoms with van der Waals surface area (Å²) >= 11 is 0. The van der Waals surface area contributed by atoms with Crippen molar-refractivity contribution in [1.82, 2.24) is 4.90 Å². The normalized spacial score (nSPS) is 28.3. The van der Waals surface area contributed by atoms with Crippen LogP contribution < -0.4 is 0 Å². The van der Waals surface area contributed by atoms with Crippen molar-refractivity contribution in [1.29, 1.82) is 0 Å². The molecule has 0 bridgehead atoms. The van der Waals surface area contributed by atoms with Crippen LogP contribution in [-0.4, -0.2) is 37.1 Å². The summed E-state index contributed by atoms with van der Waals surface area (Å²) in [7, 11) is 1.76. The molecule has 1 spiro atoms. The summed E-state index contributed by atoms with van der Waals surface area (Å²) in [5.41, 5.74) is 1.01. The van der Waals surface area contributed by atoms with E-state index in [0.29, 0.717) is 18.7 Å². The Bertz CT molecular complexity index is 554. The highest BCUT2D eigenvalue weighted by atomic mass is 19.1. The molecule has 1 amide bonds. The van der Waals surface area contributed by atoms with E-state index in [4.69, 9.17) is 4.74 Å². The van der Waals surface area contributed by atoms with E-state index < -0.39 is 5.82 Å². The lowest BCUT2D eigenvalue weighted by atomic mass is 9.76. The van der Waals surface area contributed by atoms with Gasteiger partial charge in [0.1, 0.15) is 5.82 Å². The second-order valence-corrected chi connectivity index (χ2v) is 6.74. The average Bonchev–Trinajstić information content (AvgIpc) is 2.89. The highest BCUT2D eigenvalue weighted by molar-refractivity contribution is 5.96. The van der Waals surface area contributed by atoms with E-state index in [1.54, 1.807) is 26.2 Å². The van der Waals surface area contributed by atoms with E-state index in [1.807, 2.05) is 4.90 Å². The fourth-order valence-electron chi connectivity index (χ4n) is 4.34. The zero-order valence-corrected chi connectivity index (χ0v) is 13.4. The number of aryl methyl sites for hydroxylation is 1. The summed E-state index contributed by atoms with van der Waals surface area (Å²) in [6.45, 7) is 3.20. The number of halogens is 1. The van der Waals surface area contributed by atoms with Crippen molar-refractivity contribution in [2.45, 2.75) is 45.1 Å². The molecule has 1 aliphatic heterocycles. The highest BCUT2D eigenvalue weighted by Gasteiger charge is 2.46. The monoisotopic (exact) mass is 305 g/mol. The Balaban J connectivity index is 1.84. The lowest BCUT2D eigenvalue weighted by Crippen LogP contribution is -2.50. The Kier molecular flexibility index (Phi) is 4.22. The van der Waals surface area contributed by atoms with Gasteiger partial charge in [0, 0.05) is 25.6 Å². The van der Waals surface area contributed by atoms with Crippen LogP contribution in [0.5, 0.6) is 0 Å². The quantitative estimate of drug-likeness (QED) is 0.836. The Hall–Kier alpha value is -1.42. The van der Waals surface area contributed by atoms with Crippen molar-refractivity contribution in [3.05, 3.63) is 35.1 Å². The van der Waals surface area contributed by atoms with Gasteiger partial charge in [-0.25, -0.2) is 4.39 Å². The molecule has 0 unspecified atom stereocenters. The zero-order valence-electron chi connectivity index (χ0n) is 13.4. The molecule has 2 fully saturated rings. The lowest BCUT2D eigenvalue weighted by Gasteiger charge is -2.43. The van der Waals surface area contributed by atoms with Gasteiger partial charge < -0.3 is 9.64 Å². The van der Waals surface area contributed by atoms with Crippen molar-refractivity contribution in [3.63, 3.8) is 0 Å². The fourth-order valence-corrected chi connectivity index (χ4v) is 4.34. The molecule has 1 saturated carbocycles. The number of likely N-dealkylation sites (tertiary alicyclic amines) is 1. The number of nitrogens with zero attached hydrogens (tertiary/aromatic N) is 1. The summed E-state index contributed by atoms with van der Waals surface area (Å²) < 4.78 is 19.8. The van der Waals surface area contributed by atoms with Crippen molar-refractivity contribution >= 4 is 5.91 Å². The van der Waals surface area contributed by atoms with Gasteiger partial charge >= 0.3 is 0 Å². The predicted molar refractivity (Wildman–Crippen MR) is 83.4 cm³/mol. The van der Waals surface area contributed by atoms with Crippen molar-refractivity contribution in [2.24, 2.45) is 5.41 Å². The zero-order chi connectivity index (χ0) is 15.7. The molecule has 2 atom stereocenters. The third-order valence-corrected chi connectivity index (χ3v) is 5.44. The summed E-state index contributed by atoms with van der Waals surface area (Å²) in [4.78, 5) is 14.7. The van der Waals surface area contributed by atoms with Crippen molar-refractivity contribution in [2.75, 3.05) is 20.2 Å². The van der Waals surface area contributed by atoms with Crippen LogP contribution in [0.2, 0.25) is 0 Å². The van der Waals surface area contributed by atoms with Crippen molar-refractivity contribution < 1.29 is 13.9 Å². The Morgan fingerprint density at radius 1 is 1.36 bits per heavy atom. The fraction of sp³-hybridized carbons (Fsp3) is 0.611. The van der Waals surface area contributed by atoms with E-state index >= 15 is 0 Å². The van der Waals surface area contributed by atoms with Crippen LogP contribution in [0, 0.1) is 18.2 Å². The molecule has 3 rings (SSSR count). The molecule has 2 aliphatic rings. The van der Waals surface area contributed by atoms with Crippen LogP contribution in [0.3, 0.4) is 0 Å². The Morgan fingerprint density at radius 2 is 2.14 bits per heavy atom. The van der Waals surface area contributed by atoms with Crippen LogP contribution in [0.15, 0.2) is 18.2 Å². The van der Waals surface area contributed by atoms with E-state index in [9.17, 15) is 9.18 Å². The molecule has 1 saturated heterocycles. The third kappa shape index (κ3) is 2.54. The Morgan fingerprint density at radius 3 is 2.86 bits per heavy atom. The summed E-state index contributed by atoms with van der Waals surface area (Å²) in [6, 6.07) is 4.81. The number of ether oxygens (including phenoxy) is 1. The van der Waals surface area contributed by atoms with Crippen LogP contribution in [0.1, 0.15) is 48.0 Å². The maximum Gasteiger partial charge on any atom is 0.257 e.